The second-order valence-electron chi connectivity index (χ2n) is 3.63. The molecule has 0 aromatic carbocycles. The predicted molar refractivity (Wildman–Crippen MR) is 43.4 cm³/mol. The lowest BCUT2D eigenvalue weighted by Gasteiger charge is -2.38. The normalized spacial score (nSPS) is 32.1. The van der Waals surface area contributed by atoms with E-state index in [1.54, 1.807) is 5.01 Å². The van der Waals surface area contributed by atoms with Crippen LogP contribution in [0, 0.1) is 5.92 Å². The molecule has 2 aliphatic rings. The molecule has 0 bridgehead atoms. The molecule has 2 fully saturated rings. The van der Waals surface area contributed by atoms with Crippen LogP contribution in [-0.4, -0.2) is 30.8 Å². The van der Waals surface area contributed by atoms with Gasteiger partial charge in [-0.2, -0.15) is 0 Å². The highest BCUT2D eigenvalue weighted by molar-refractivity contribution is 5.67. The van der Waals surface area contributed by atoms with Crippen LogP contribution in [0.4, 0.5) is 4.79 Å². The van der Waals surface area contributed by atoms with Crippen LogP contribution in [0.1, 0.15) is 19.3 Å². The molecule has 1 aliphatic heterocycles. The van der Waals surface area contributed by atoms with Crippen LogP contribution in [0.3, 0.4) is 0 Å². The third-order valence-electron chi connectivity index (χ3n) is 2.67. The summed E-state index contributed by atoms with van der Waals surface area (Å²) in [6, 6.07) is 0. The summed E-state index contributed by atoms with van der Waals surface area (Å²) in [5, 5.41) is 1.80. The van der Waals surface area contributed by atoms with Crippen molar-refractivity contribution in [2.45, 2.75) is 25.4 Å². The Kier molecular flexibility index (Phi) is 1.92. The Labute approximate surface area is 71.8 Å². The Bertz CT molecular complexity index is 191. The molecule has 12 heavy (non-hydrogen) atoms. The predicted octanol–water partition coefficient (Wildman–Crippen LogP) is 0.742. The number of carbonyl (C=O) groups is 1. The fourth-order valence-electron chi connectivity index (χ4n) is 1.73. The molecule has 0 aromatic heterocycles. The number of amides is 1. The number of hydrogen-bond acceptors (Lipinski definition) is 3. The average molecular weight is 170 g/mol. The molecule has 4 heteroatoms. The van der Waals surface area contributed by atoms with Crippen molar-refractivity contribution in [1.29, 1.82) is 0 Å². The first-order chi connectivity index (χ1) is 5.75. The number of ether oxygens (including phenoxy) is 1. The van der Waals surface area contributed by atoms with Crippen molar-refractivity contribution in [3.8, 4) is 0 Å². The van der Waals surface area contributed by atoms with Crippen LogP contribution in [0.15, 0.2) is 0 Å². The van der Waals surface area contributed by atoms with Gasteiger partial charge in [0, 0.05) is 7.05 Å². The van der Waals surface area contributed by atoms with E-state index in [-0.39, 0.29) is 12.2 Å². The van der Waals surface area contributed by atoms with Gasteiger partial charge in [-0.05, 0) is 18.8 Å². The minimum atomic E-state index is -0.305. The highest BCUT2D eigenvalue weighted by atomic mass is 16.6. The lowest BCUT2D eigenvalue weighted by atomic mass is 9.81. The molecule has 68 valence electrons. The smallest absolute Gasteiger partial charge is 0.422 e. The summed E-state index contributed by atoms with van der Waals surface area (Å²) in [5.41, 5.74) is 2.58. The van der Waals surface area contributed by atoms with E-state index >= 15 is 0 Å². The Morgan fingerprint density at radius 3 is 2.83 bits per heavy atom. The third kappa shape index (κ3) is 1.39. The molecule has 1 heterocycles. The molecule has 1 saturated heterocycles. The molecule has 0 radical (unpaired) electrons. The first-order valence-electron chi connectivity index (χ1n) is 4.44. The van der Waals surface area contributed by atoms with E-state index in [4.69, 9.17) is 4.74 Å². The maximum Gasteiger partial charge on any atom is 0.422 e. The zero-order chi connectivity index (χ0) is 8.55. The maximum atomic E-state index is 11.0. The summed E-state index contributed by atoms with van der Waals surface area (Å²) in [5.74, 6) is 0.610. The minimum absolute atomic E-state index is 0.123. The van der Waals surface area contributed by atoms with Crippen molar-refractivity contribution >= 4 is 6.09 Å². The maximum absolute atomic E-state index is 11.0. The largest absolute Gasteiger partial charge is 0.444 e. The second kappa shape index (κ2) is 2.94. The van der Waals surface area contributed by atoms with Crippen molar-refractivity contribution in [2.24, 2.45) is 5.92 Å². The monoisotopic (exact) mass is 170 g/mol. The van der Waals surface area contributed by atoms with E-state index in [0.29, 0.717) is 5.92 Å². The Hall–Kier alpha value is -0.770. The number of cyclic esters (lactones) is 1. The van der Waals surface area contributed by atoms with E-state index in [1.807, 2.05) is 7.05 Å². The molecular weight excluding hydrogens is 156 g/mol. The van der Waals surface area contributed by atoms with Crippen LogP contribution in [0.5, 0.6) is 0 Å². The molecule has 1 amide bonds. The first kappa shape index (κ1) is 7.86. The summed E-state index contributed by atoms with van der Waals surface area (Å²) >= 11 is 0. The lowest BCUT2D eigenvalue weighted by molar-refractivity contribution is -0.0321. The van der Waals surface area contributed by atoms with Gasteiger partial charge in [-0.25, -0.2) is 9.80 Å². The summed E-state index contributed by atoms with van der Waals surface area (Å²) in [4.78, 5) is 11.0. The van der Waals surface area contributed by atoms with Crippen LogP contribution in [-0.2, 0) is 4.74 Å². The molecule has 0 aromatic rings. The molecule has 1 unspecified atom stereocenters. The van der Waals surface area contributed by atoms with Gasteiger partial charge in [0.2, 0.25) is 0 Å². The van der Waals surface area contributed by atoms with Gasteiger partial charge >= 0.3 is 6.09 Å². The van der Waals surface area contributed by atoms with Gasteiger partial charge in [-0.3, -0.25) is 5.43 Å². The van der Waals surface area contributed by atoms with Crippen molar-refractivity contribution in [3.63, 3.8) is 0 Å². The molecule has 1 atom stereocenters. The van der Waals surface area contributed by atoms with Crippen LogP contribution in [0.25, 0.3) is 0 Å². The van der Waals surface area contributed by atoms with Gasteiger partial charge in [0.1, 0.15) is 6.10 Å². The number of rotatable bonds is 1. The Morgan fingerprint density at radius 2 is 2.33 bits per heavy atom. The summed E-state index contributed by atoms with van der Waals surface area (Å²) < 4.78 is 5.17. The molecule has 1 N–H and O–H groups in total. The second-order valence-corrected chi connectivity index (χ2v) is 3.63. The van der Waals surface area contributed by atoms with Gasteiger partial charge in [-0.1, -0.05) is 6.42 Å². The van der Waals surface area contributed by atoms with Gasteiger partial charge in [0.15, 0.2) is 0 Å². The highest BCUT2D eigenvalue weighted by Crippen LogP contribution is 2.32. The Morgan fingerprint density at radius 1 is 1.58 bits per heavy atom. The number of nitrogens with zero attached hydrogens (tertiary/aromatic N) is 1. The SMILES string of the molecule is CN1CC(C2CCC2)OC(=O)N1. The van der Waals surface area contributed by atoms with Crippen molar-refractivity contribution in [1.82, 2.24) is 10.4 Å². The molecular formula is C8H14N2O2. The average Bonchev–Trinajstić information content (AvgIpc) is 1.79. The zero-order valence-electron chi connectivity index (χ0n) is 7.25. The van der Waals surface area contributed by atoms with E-state index in [9.17, 15) is 4.79 Å². The molecule has 2 rings (SSSR count). The van der Waals surface area contributed by atoms with E-state index < -0.39 is 0 Å². The standard InChI is InChI=1S/C8H14N2O2/c1-10-5-7(6-3-2-4-6)12-8(11)9-10/h6-7H,2-5H2,1H3,(H,9,11). The van der Waals surface area contributed by atoms with Gasteiger partial charge < -0.3 is 4.74 Å². The number of hydrazine groups is 1. The lowest BCUT2D eigenvalue weighted by Crippen LogP contribution is -2.54. The van der Waals surface area contributed by atoms with Gasteiger partial charge in [-0.15, -0.1) is 0 Å². The van der Waals surface area contributed by atoms with E-state index in [2.05, 4.69) is 5.43 Å². The fraction of sp³-hybridized carbons (Fsp3) is 0.875. The Balaban J connectivity index is 1.92. The fourth-order valence-corrected chi connectivity index (χ4v) is 1.73. The first-order valence-corrected chi connectivity index (χ1v) is 4.44. The minimum Gasteiger partial charge on any atom is -0.444 e. The van der Waals surface area contributed by atoms with Gasteiger partial charge in [0.05, 0.1) is 6.54 Å². The van der Waals surface area contributed by atoms with E-state index in [0.717, 1.165) is 6.54 Å². The van der Waals surface area contributed by atoms with Crippen molar-refractivity contribution in [2.75, 3.05) is 13.6 Å². The van der Waals surface area contributed by atoms with Crippen LogP contribution >= 0.6 is 0 Å². The summed E-state index contributed by atoms with van der Waals surface area (Å²) in [6.07, 6.45) is 3.53. The zero-order valence-corrected chi connectivity index (χ0v) is 7.25. The third-order valence-corrected chi connectivity index (χ3v) is 2.67. The topological polar surface area (TPSA) is 41.6 Å². The quantitative estimate of drug-likeness (QED) is 0.631. The molecule has 4 nitrogen and oxygen atoms in total. The van der Waals surface area contributed by atoms with E-state index in [1.165, 1.54) is 19.3 Å². The number of carbonyl (C=O) groups excluding carboxylic acids is 1. The van der Waals surface area contributed by atoms with Crippen LogP contribution < -0.4 is 5.43 Å². The number of nitrogens with one attached hydrogen (secondary N) is 1. The molecule has 1 saturated carbocycles. The summed E-state index contributed by atoms with van der Waals surface area (Å²) in [6.45, 7) is 0.816. The van der Waals surface area contributed by atoms with Gasteiger partial charge in [0.25, 0.3) is 0 Å². The number of likely N-dealkylation sites (N-methyl/N-ethyl adjacent to an activating group) is 1. The number of hydrogen-bond donors (Lipinski definition) is 1. The van der Waals surface area contributed by atoms with Crippen molar-refractivity contribution in [3.05, 3.63) is 0 Å². The van der Waals surface area contributed by atoms with Crippen LogP contribution in [0.2, 0.25) is 0 Å². The molecule has 0 spiro atoms. The molecule has 1 aliphatic carbocycles. The highest BCUT2D eigenvalue weighted by Gasteiger charge is 2.34. The van der Waals surface area contributed by atoms with Crippen molar-refractivity contribution < 1.29 is 9.53 Å². The summed E-state index contributed by atoms with van der Waals surface area (Å²) in [7, 11) is 1.87.